The van der Waals surface area contributed by atoms with E-state index in [1.807, 2.05) is 30.5 Å². The molecule has 2 aromatic heterocycles. The van der Waals surface area contributed by atoms with E-state index in [1.54, 1.807) is 0 Å². The first-order valence-electron chi connectivity index (χ1n) is 13.9. The van der Waals surface area contributed by atoms with Crippen LogP contribution >= 0.6 is 0 Å². The van der Waals surface area contributed by atoms with Crippen molar-refractivity contribution < 1.29 is 0 Å². The number of pyridine rings is 2. The molecule has 1 saturated carbocycles. The summed E-state index contributed by atoms with van der Waals surface area (Å²) in [7, 11) is 0. The Balaban J connectivity index is 1.29. The Bertz CT molecular complexity index is 1520. The van der Waals surface area contributed by atoms with Gasteiger partial charge in [0, 0.05) is 11.8 Å². The highest BCUT2D eigenvalue weighted by molar-refractivity contribution is 5.78. The van der Waals surface area contributed by atoms with Crippen LogP contribution in [-0.4, -0.2) is 9.97 Å². The van der Waals surface area contributed by atoms with Crippen molar-refractivity contribution in [3.05, 3.63) is 120 Å². The number of aromatic nitrogens is 2. The van der Waals surface area contributed by atoms with Gasteiger partial charge in [-0.25, -0.2) is 4.98 Å². The number of nitrogens with zero attached hydrogens (tertiary/aromatic N) is 2. The number of aryl methyl sites for hydroxylation is 2. The summed E-state index contributed by atoms with van der Waals surface area (Å²) in [5.74, 6) is 0.743. The number of hydrogen-bond acceptors (Lipinski definition) is 2. The third-order valence-electron chi connectivity index (χ3n) is 7.98. The zero-order valence-corrected chi connectivity index (χ0v) is 22.3. The molecule has 0 N–H and O–H groups in total. The van der Waals surface area contributed by atoms with Gasteiger partial charge in [-0.15, -0.1) is 0 Å². The van der Waals surface area contributed by atoms with Crippen LogP contribution in [0.25, 0.3) is 44.9 Å². The van der Waals surface area contributed by atoms with Crippen LogP contribution in [0.1, 0.15) is 54.7 Å². The highest BCUT2D eigenvalue weighted by Crippen LogP contribution is 2.36. The molecular formula is C36H34N2. The maximum atomic E-state index is 4.92. The van der Waals surface area contributed by atoms with Crippen LogP contribution in [0.4, 0.5) is 0 Å². The van der Waals surface area contributed by atoms with Gasteiger partial charge in [-0.1, -0.05) is 92.1 Å². The summed E-state index contributed by atoms with van der Waals surface area (Å²) >= 11 is 0. The Labute approximate surface area is 226 Å². The average molecular weight is 495 g/mol. The molecule has 2 heterocycles. The van der Waals surface area contributed by atoms with Gasteiger partial charge in [0.25, 0.3) is 0 Å². The molecular weight excluding hydrogens is 460 g/mol. The van der Waals surface area contributed by atoms with Crippen LogP contribution in [0.3, 0.4) is 0 Å². The number of hydrogen-bond donors (Lipinski definition) is 0. The molecule has 2 nitrogen and oxygen atoms in total. The molecule has 1 aliphatic carbocycles. The normalized spacial score (nSPS) is 13.9. The Hall–Kier alpha value is -4.04. The average Bonchev–Trinajstić information content (AvgIpc) is 2.98. The van der Waals surface area contributed by atoms with Gasteiger partial charge in [0.15, 0.2) is 0 Å². The molecule has 3 aromatic carbocycles. The third kappa shape index (κ3) is 5.04. The van der Waals surface area contributed by atoms with Gasteiger partial charge in [-0.05, 0) is 95.8 Å². The maximum absolute atomic E-state index is 4.92. The molecule has 2 heteroatoms. The Morgan fingerprint density at radius 1 is 0.553 bits per heavy atom. The van der Waals surface area contributed by atoms with Crippen molar-refractivity contribution in [1.82, 2.24) is 9.97 Å². The van der Waals surface area contributed by atoms with Crippen molar-refractivity contribution in [3.8, 4) is 44.9 Å². The molecule has 0 radical (unpaired) electrons. The van der Waals surface area contributed by atoms with Gasteiger partial charge < -0.3 is 0 Å². The van der Waals surface area contributed by atoms with Crippen molar-refractivity contribution >= 4 is 0 Å². The first-order chi connectivity index (χ1) is 18.7. The molecule has 1 fully saturated rings. The van der Waals surface area contributed by atoms with Crippen molar-refractivity contribution in [1.29, 1.82) is 0 Å². The molecule has 0 atom stereocenters. The quantitative estimate of drug-likeness (QED) is 0.243. The van der Waals surface area contributed by atoms with E-state index in [9.17, 15) is 0 Å². The van der Waals surface area contributed by atoms with E-state index >= 15 is 0 Å². The zero-order valence-electron chi connectivity index (χ0n) is 22.3. The lowest BCUT2D eigenvalue weighted by atomic mass is 9.83. The first-order valence-corrected chi connectivity index (χ1v) is 13.9. The minimum Gasteiger partial charge on any atom is -0.255 e. The smallest absolute Gasteiger partial charge is 0.0893 e. The monoisotopic (exact) mass is 494 g/mol. The van der Waals surface area contributed by atoms with Crippen molar-refractivity contribution in [3.63, 3.8) is 0 Å². The minimum atomic E-state index is 0.743. The van der Waals surface area contributed by atoms with Crippen molar-refractivity contribution in [2.45, 2.75) is 51.9 Å². The van der Waals surface area contributed by atoms with Gasteiger partial charge in [0.2, 0.25) is 0 Å². The summed E-state index contributed by atoms with van der Waals surface area (Å²) in [5, 5.41) is 0. The van der Waals surface area contributed by atoms with E-state index in [-0.39, 0.29) is 0 Å². The fraction of sp³-hybridized carbons (Fsp3) is 0.222. The van der Waals surface area contributed by atoms with Gasteiger partial charge >= 0.3 is 0 Å². The number of benzene rings is 3. The highest BCUT2D eigenvalue weighted by Gasteiger charge is 2.16. The lowest BCUT2D eigenvalue weighted by molar-refractivity contribution is 0.443. The predicted octanol–water partition coefficient (Wildman–Crippen LogP) is 9.81. The van der Waals surface area contributed by atoms with Gasteiger partial charge in [0.05, 0.1) is 17.1 Å². The van der Waals surface area contributed by atoms with E-state index in [0.29, 0.717) is 0 Å². The lowest BCUT2D eigenvalue weighted by Crippen LogP contribution is -2.04. The molecule has 0 bridgehead atoms. The summed E-state index contributed by atoms with van der Waals surface area (Å²) in [6.45, 7) is 4.44. The van der Waals surface area contributed by atoms with Gasteiger partial charge in [-0.2, -0.15) is 0 Å². The van der Waals surface area contributed by atoms with Crippen molar-refractivity contribution in [2.24, 2.45) is 0 Å². The van der Waals surface area contributed by atoms with Crippen LogP contribution in [0.15, 0.2) is 103 Å². The molecule has 5 aromatic rings. The molecule has 0 spiro atoms. The molecule has 0 unspecified atom stereocenters. The molecule has 188 valence electrons. The Morgan fingerprint density at radius 2 is 1.26 bits per heavy atom. The van der Waals surface area contributed by atoms with Crippen LogP contribution in [-0.2, 0) is 0 Å². The van der Waals surface area contributed by atoms with E-state index in [0.717, 1.165) is 28.6 Å². The summed E-state index contributed by atoms with van der Waals surface area (Å²) in [4.78, 5) is 9.60. The molecule has 6 rings (SSSR count). The van der Waals surface area contributed by atoms with E-state index < -0.39 is 0 Å². The number of rotatable bonds is 5. The molecule has 1 aliphatic rings. The largest absolute Gasteiger partial charge is 0.255 e. The topological polar surface area (TPSA) is 25.8 Å². The fourth-order valence-electron chi connectivity index (χ4n) is 6.04. The van der Waals surface area contributed by atoms with E-state index in [1.165, 1.54) is 71.0 Å². The summed E-state index contributed by atoms with van der Waals surface area (Å²) in [6.07, 6.45) is 8.72. The summed E-state index contributed by atoms with van der Waals surface area (Å²) in [5.41, 5.74) is 12.9. The first kappa shape index (κ1) is 24.3. The zero-order chi connectivity index (χ0) is 25.9. The second-order valence-corrected chi connectivity index (χ2v) is 10.6. The SMILES string of the molecule is Cc1cc(-c2ccc(C3CCCCC3)cc2)cc(C)c1-c1ccnc(-c2cccc(-c3ccccc3)n2)c1. The second-order valence-electron chi connectivity index (χ2n) is 10.6. The van der Waals surface area contributed by atoms with E-state index in [4.69, 9.17) is 4.98 Å². The maximum Gasteiger partial charge on any atom is 0.0893 e. The third-order valence-corrected chi connectivity index (χ3v) is 7.98. The predicted molar refractivity (Wildman–Crippen MR) is 159 cm³/mol. The van der Waals surface area contributed by atoms with Gasteiger partial charge in [0.1, 0.15) is 0 Å². The van der Waals surface area contributed by atoms with Crippen LogP contribution in [0.2, 0.25) is 0 Å². The standard InChI is InChI=1S/C36H34N2/c1-25-22-32(29-18-16-28(17-19-29)27-10-5-3-6-11-27)23-26(2)36(25)31-20-21-37-35(24-31)34-15-9-14-33(38-34)30-12-7-4-8-13-30/h4,7-9,12-24,27H,3,5-6,10-11H2,1-2H3. The summed E-state index contributed by atoms with van der Waals surface area (Å²) < 4.78 is 0. The van der Waals surface area contributed by atoms with Crippen LogP contribution in [0.5, 0.6) is 0 Å². The Morgan fingerprint density at radius 3 is 2.00 bits per heavy atom. The van der Waals surface area contributed by atoms with E-state index in [2.05, 4.69) is 91.6 Å². The molecule has 0 amide bonds. The molecule has 38 heavy (non-hydrogen) atoms. The molecule has 0 saturated heterocycles. The molecule has 0 aliphatic heterocycles. The highest BCUT2D eigenvalue weighted by atomic mass is 14.8. The second kappa shape index (κ2) is 10.8. The minimum absolute atomic E-state index is 0.743. The van der Waals surface area contributed by atoms with Crippen LogP contribution in [0, 0.1) is 13.8 Å². The van der Waals surface area contributed by atoms with Gasteiger partial charge in [-0.3, -0.25) is 4.98 Å². The fourth-order valence-corrected chi connectivity index (χ4v) is 6.04. The van der Waals surface area contributed by atoms with Crippen molar-refractivity contribution in [2.75, 3.05) is 0 Å². The Kier molecular flexibility index (Phi) is 6.88. The summed E-state index contributed by atoms with van der Waals surface area (Å²) in [6, 6.07) is 34.7. The van der Waals surface area contributed by atoms with Crippen LogP contribution < -0.4 is 0 Å². The lowest BCUT2D eigenvalue weighted by Gasteiger charge is -2.22.